The summed E-state index contributed by atoms with van der Waals surface area (Å²) in [7, 11) is 1.47. The van der Waals surface area contributed by atoms with E-state index < -0.39 is 4.92 Å². The van der Waals surface area contributed by atoms with Crippen LogP contribution in [0.25, 0.3) is 0 Å². The first kappa shape index (κ1) is 17.9. The van der Waals surface area contributed by atoms with Crippen LogP contribution >= 0.6 is 11.6 Å². The first-order chi connectivity index (χ1) is 12.5. The van der Waals surface area contributed by atoms with E-state index in [2.05, 4.69) is 9.97 Å². The molecule has 1 aliphatic rings. The second-order valence-electron chi connectivity index (χ2n) is 5.57. The van der Waals surface area contributed by atoms with E-state index in [1.807, 2.05) is 0 Å². The number of benzene rings is 1. The van der Waals surface area contributed by atoms with Crippen molar-refractivity contribution in [1.82, 2.24) is 14.9 Å². The molecule has 1 aliphatic heterocycles. The Bertz CT molecular complexity index is 847. The van der Waals surface area contributed by atoms with Crippen LogP contribution in [-0.2, 0) is 0 Å². The van der Waals surface area contributed by atoms with Crippen molar-refractivity contribution in [2.45, 2.75) is 12.5 Å². The van der Waals surface area contributed by atoms with Crippen molar-refractivity contribution in [1.29, 1.82) is 0 Å². The molecule has 1 fully saturated rings. The van der Waals surface area contributed by atoms with Gasteiger partial charge in [-0.2, -0.15) is 0 Å². The summed E-state index contributed by atoms with van der Waals surface area (Å²) in [6.45, 7) is 0.789. The van der Waals surface area contributed by atoms with Crippen LogP contribution in [0.2, 0.25) is 5.02 Å². The van der Waals surface area contributed by atoms with Gasteiger partial charge in [-0.15, -0.1) is 0 Å². The molecule has 136 valence electrons. The van der Waals surface area contributed by atoms with Crippen molar-refractivity contribution in [3.05, 3.63) is 51.3 Å². The summed E-state index contributed by atoms with van der Waals surface area (Å²) in [6, 6.07) is 4.00. The summed E-state index contributed by atoms with van der Waals surface area (Å²) in [4.78, 5) is 32.6. The third-order valence-electron chi connectivity index (χ3n) is 3.93. The van der Waals surface area contributed by atoms with E-state index >= 15 is 0 Å². The molecule has 26 heavy (non-hydrogen) atoms. The van der Waals surface area contributed by atoms with Gasteiger partial charge in [0.25, 0.3) is 23.4 Å². The average molecular weight is 379 g/mol. The van der Waals surface area contributed by atoms with Crippen molar-refractivity contribution >= 4 is 23.2 Å². The van der Waals surface area contributed by atoms with Crippen molar-refractivity contribution in [3.8, 4) is 11.8 Å². The van der Waals surface area contributed by atoms with E-state index in [-0.39, 0.29) is 40.0 Å². The molecule has 0 N–H and O–H groups in total. The maximum Gasteiger partial charge on any atom is 0.288 e. The minimum Gasteiger partial charge on any atom is -0.477 e. The Balaban J connectivity index is 1.69. The molecule has 2 heterocycles. The molecule has 0 aliphatic carbocycles. The lowest BCUT2D eigenvalue weighted by atomic mass is 10.2. The van der Waals surface area contributed by atoms with E-state index in [9.17, 15) is 14.9 Å². The smallest absolute Gasteiger partial charge is 0.288 e. The van der Waals surface area contributed by atoms with Gasteiger partial charge >= 0.3 is 0 Å². The van der Waals surface area contributed by atoms with E-state index in [1.54, 1.807) is 4.90 Å². The van der Waals surface area contributed by atoms with Crippen LogP contribution in [0.3, 0.4) is 0 Å². The summed E-state index contributed by atoms with van der Waals surface area (Å²) in [5.41, 5.74) is -0.0901. The van der Waals surface area contributed by atoms with Gasteiger partial charge in [0.05, 0.1) is 18.6 Å². The molecule has 1 aromatic heterocycles. The number of nitro benzene ring substituents is 1. The van der Waals surface area contributed by atoms with E-state index in [1.165, 1.54) is 37.7 Å². The highest BCUT2D eigenvalue weighted by atomic mass is 35.5. The lowest BCUT2D eigenvalue weighted by Gasteiger charge is -2.17. The monoisotopic (exact) mass is 378 g/mol. The predicted molar refractivity (Wildman–Crippen MR) is 91.6 cm³/mol. The molecule has 0 radical (unpaired) electrons. The number of rotatable bonds is 5. The molecule has 1 atom stereocenters. The molecule has 9 nitrogen and oxygen atoms in total. The fourth-order valence-electron chi connectivity index (χ4n) is 2.67. The fraction of sp³-hybridized carbons (Fsp3) is 0.312. The molecule has 10 heteroatoms. The number of carbonyl (C=O) groups is 1. The Labute approximate surface area is 153 Å². The first-order valence-corrected chi connectivity index (χ1v) is 8.12. The molecular formula is C16H15ClN4O5. The van der Waals surface area contributed by atoms with Crippen molar-refractivity contribution in [2.75, 3.05) is 20.2 Å². The van der Waals surface area contributed by atoms with Crippen molar-refractivity contribution < 1.29 is 19.2 Å². The lowest BCUT2D eigenvalue weighted by Crippen LogP contribution is -2.31. The molecular weight excluding hydrogens is 364 g/mol. The zero-order valence-corrected chi connectivity index (χ0v) is 14.5. The summed E-state index contributed by atoms with van der Waals surface area (Å²) in [5.74, 6) is 0.212. The minimum absolute atomic E-state index is 0.0103. The van der Waals surface area contributed by atoms with E-state index in [0.717, 1.165) is 0 Å². The lowest BCUT2D eigenvalue weighted by molar-refractivity contribution is -0.384. The van der Waals surface area contributed by atoms with Crippen LogP contribution in [0.4, 0.5) is 5.69 Å². The topological polar surface area (TPSA) is 108 Å². The summed E-state index contributed by atoms with van der Waals surface area (Å²) >= 11 is 5.79. The molecule has 1 unspecified atom stereocenters. The fourth-order valence-corrected chi connectivity index (χ4v) is 2.85. The Morgan fingerprint density at radius 3 is 2.77 bits per heavy atom. The maximum absolute atomic E-state index is 12.6. The highest BCUT2D eigenvalue weighted by Gasteiger charge is 2.30. The van der Waals surface area contributed by atoms with Gasteiger partial charge in [0, 0.05) is 37.0 Å². The Morgan fingerprint density at radius 1 is 1.35 bits per heavy atom. The summed E-state index contributed by atoms with van der Waals surface area (Å²) in [5, 5.41) is 11.0. The Hall–Kier alpha value is -2.94. The van der Waals surface area contributed by atoms with E-state index in [4.69, 9.17) is 21.1 Å². The molecule has 2 aromatic rings. The average Bonchev–Trinajstić information content (AvgIpc) is 3.10. The highest BCUT2D eigenvalue weighted by Crippen LogP contribution is 2.27. The van der Waals surface area contributed by atoms with Gasteiger partial charge in [0.2, 0.25) is 0 Å². The molecule has 1 aromatic carbocycles. The van der Waals surface area contributed by atoms with Gasteiger partial charge in [0.15, 0.2) is 0 Å². The highest BCUT2D eigenvalue weighted by molar-refractivity contribution is 6.32. The van der Waals surface area contributed by atoms with Crippen LogP contribution < -0.4 is 9.47 Å². The zero-order valence-electron chi connectivity index (χ0n) is 13.8. The standard InChI is InChI=1S/C16H15ClN4O5/c1-25-14-15(19-6-5-18-14)26-11-4-7-20(9-11)16(22)10-2-3-12(17)13(8-10)21(23)24/h2-3,5-6,8,11H,4,7,9H2,1H3. The van der Waals surface area contributed by atoms with Gasteiger partial charge in [-0.1, -0.05) is 11.6 Å². The van der Waals surface area contributed by atoms with Crippen molar-refractivity contribution in [3.63, 3.8) is 0 Å². The number of amides is 1. The number of ether oxygens (including phenoxy) is 2. The second kappa shape index (κ2) is 7.52. The minimum atomic E-state index is -0.616. The van der Waals surface area contributed by atoms with Gasteiger partial charge in [0.1, 0.15) is 11.1 Å². The van der Waals surface area contributed by atoms with Gasteiger partial charge in [-0.3, -0.25) is 14.9 Å². The third-order valence-corrected chi connectivity index (χ3v) is 4.25. The Morgan fingerprint density at radius 2 is 2.08 bits per heavy atom. The SMILES string of the molecule is COc1nccnc1OC1CCN(C(=O)c2ccc(Cl)c([N+](=O)[O-])c2)C1. The predicted octanol–water partition coefficient (Wildman–Crippen LogP) is 2.34. The third kappa shape index (κ3) is 3.67. The molecule has 1 amide bonds. The van der Waals surface area contributed by atoms with Crippen LogP contribution in [0, 0.1) is 10.1 Å². The van der Waals surface area contributed by atoms with Gasteiger partial charge in [-0.05, 0) is 12.1 Å². The largest absolute Gasteiger partial charge is 0.477 e. The summed E-state index contributed by atoms with van der Waals surface area (Å²) < 4.78 is 10.9. The number of nitrogens with zero attached hydrogens (tertiary/aromatic N) is 4. The number of aromatic nitrogens is 2. The quantitative estimate of drug-likeness (QED) is 0.580. The molecule has 1 saturated heterocycles. The maximum atomic E-state index is 12.6. The second-order valence-corrected chi connectivity index (χ2v) is 5.98. The number of carbonyl (C=O) groups excluding carboxylic acids is 1. The van der Waals surface area contributed by atoms with E-state index in [0.29, 0.717) is 19.5 Å². The van der Waals surface area contributed by atoms with Crippen LogP contribution in [0.1, 0.15) is 16.8 Å². The Kier molecular flexibility index (Phi) is 5.17. The molecule has 0 spiro atoms. The van der Waals surface area contributed by atoms with Gasteiger partial charge in [-0.25, -0.2) is 9.97 Å². The molecule has 0 saturated carbocycles. The van der Waals surface area contributed by atoms with Crippen LogP contribution in [0.5, 0.6) is 11.8 Å². The number of nitro groups is 1. The first-order valence-electron chi connectivity index (χ1n) is 7.74. The number of halogens is 1. The number of hydrogen-bond acceptors (Lipinski definition) is 7. The normalized spacial score (nSPS) is 16.4. The van der Waals surface area contributed by atoms with Crippen LogP contribution in [0.15, 0.2) is 30.6 Å². The number of likely N-dealkylation sites (tertiary alicyclic amines) is 1. The number of methoxy groups -OCH3 is 1. The number of hydrogen-bond donors (Lipinski definition) is 0. The molecule has 0 bridgehead atoms. The molecule has 3 rings (SSSR count). The summed E-state index contributed by atoms with van der Waals surface area (Å²) in [6.07, 6.45) is 3.31. The van der Waals surface area contributed by atoms with Gasteiger partial charge < -0.3 is 14.4 Å². The zero-order chi connectivity index (χ0) is 18.7. The van der Waals surface area contributed by atoms with Crippen LogP contribution in [-0.4, -0.2) is 52.0 Å². The van der Waals surface area contributed by atoms with Crippen molar-refractivity contribution in [2.24, 2.45) is 0 Å².